The van der Waals surface area contributed by atoms with Crippen molar-refractivity contribution in [2.24, 2.45) is 0 Å². The highest BCUT2D eigenvalue weighted by Gasteiger charge is 2.13. The van der Waals surface area contributed by atoms with Gasteiger partial charge in [0.25, 0.3) is 0 Å². The van der Waals surface area contributed by atoms with E-state index in [-0.39, 0.29) is 6.42 Å². The van der Waals surface area contributed by atoms with Gasteiger partial charge in [-0.15, -0.1) is 0 Å². The Hall–Kier alpha value is -2.90. The van der Waals surface area contributed by atoms with Gasteiger partial charge < -0.3 is 43.3 Å². The van der Waals surface area contributed by atoms with Crippen molar-refractivity contribution in [3.05, 3.63) is 0 Å². The molecule has 206 valence electrons. The van der Waals surface area contributed by atoms with Crippen LogP contribution in [0, 0.1) is 0 Å². The van der Waals surface area contributed by atoms with Gasteiger partial charge in [0.2, 0.25) is 11.6 Å². The summed E-state index contributed by atoms with van der Waals surface area (Å²) in [6.45, 7) is 6.95. The number of nitrogens with zero attached hydrogens (tertiary/aromatic N) is 2. The number of carboxylic acid groups (broad SMARTS) is 2. The van der Waals surface area contributed by atoms with E-state index in [1.165, 1.54) is 13.8 Å². The minimum atomic E-state index is -1.40. The van der Waals surface area contributed by atoms with E-state index in [1.807, 2.05) is 42.3 Å². The monoisotopic (exact) mass is 510 g/mol. The van der Waals surface area contributed by atoms with Gasteiger partial charge >= 0.3 is 11.9 Å². The Morgan fingerprint density at radius 3 is 1.09 bits per heavy atom. The molecule has 1 N–H and O–H groups in total. The molecule has 1 atom stereocenters. The molecule has 0 fully saturated rings. The van der Waals surface area contributed by atoms with Gasteiger partial charge in [0.1, 0.15) is 26.3 Å². The van der Waals surface area contributed by atoms with Crippen LogP contribution in [0.1, 0.15) is 34.1 Å². The zero-order chi connectivity index (χ0) is 29.0. The summed E-state index contributed by atoms with van der Waals surface area (Å²) in [5.41, 5.74) is 0. The summed E-state index contributed by atoms with van der Waals surface area (Å²) in [5, 5.41) is 26.7. The average Bonchev–Trinajstić information content (AvgIpc) is 2.65. The van der Waals surface area contributed by atoms with Gasteiger partial charge in [-0.25, -0.2) is 9.59 Å². The standard InChI is InChI=1S/2C8H16NO3.C4H8O3.C2H4O2/c2*1-7(10)8(11)12-6-5-9(2,3)4;1-2-3(5)4(6)7;1-2(3)4/h2*5-6H2,1-4H3;3,5H,2H2,1H3,(H,6,7);1H3,(H,3,4)/q2*+1;;/p-2. The predicted molar refractivity (Wildman–Crippen MR) is 121 cm³/mol. The first-order chi connectivity index (χ1) is 15.6. The van der Waals surface area contributed by atoms with Crippen LogP contribution < -0.4 is 10.2 Å². The van der Waals surface area contributed by atoms with Crippen LogP contribution in [0.25, 0.3) is 0 Å². The quantitative estimate of drug-likeness (QED) is 0.178. The molecule has 0 saturated heterocycles. The molecule has 0 aliphatic heterocycles. The summed E-state index contributed by atoms with van der Waals surface area (Å²) in [6, 6.07) is 0. The Kier molecular flexibility index (Phi) is 23.0. The number of Topliss-reactive ketones (excluding diaryl/α,β-unsaturated/α-hetero) is 2. The molecule has 0 bridgehead atoms. The van der Waals surface area contributed by atoms with E-state index in [1.54, 1.807) is 6.92 Å². The molecule has 0 aromatic carbocycles. The summed E-state index contributed by atoms with van der Waals surface area (Å²) in [7, 11) is 11.9. The van der Waals surface area contributed by atoms with E-state index < -0.39 is 41.5 Å². The van der Waals surface area contributed by atoms with Crippen LogP contribution in [0.5, 0.6) is 0 Å². The van der Waals surface area contributed by atoms with Crippen LogP contribution in [0.3, 0.4) is 0 Å². The summed E-state index contributed by atoms with van der Waals surface area (Å²) in [5.74, 6) is -5.07. The number of hydrogen-bond donors (Lipinski definition) is 1. The average molecular weight is 511 g/mol. The van der Waals surface area contributed by atoms with Crippen molar-refractivity contribution in [2.75, 3.05) is 68.6 Å². The number of ketones is 2. The minimum Gasteiger partial charge on any atom is -0.550 e. The first kappa shape index (κ1) is 39.3. The number of hydrogen-bond acceptors (Lipinski definition) is 11. The molecule has 0 amide bonds. The molecule has 0 rings (SSSR count). The normalized spacial score (nSPS) is 10.9. The van der Waals surface area contributed by atoms with E-state index in [0.29, 0.717) is 35.3 Å². The smallest absolute Gasteiger partial charge is 0.374 e. The van der Waals surface area contributed by atoms with E-state index in [2.05, 4.69) is 9.47 Å². The molecular formula is C22H42N2O11. The second kappa shape index (κ2) is 20.5. The number of quaternary nitrogens is 2. The number of likely N-dealkylation sites (N-methyl/N-ethyl adjacent to an activating group) is 2. The molecule has 13 heteroatoms. The van der Waals surface area contributed by atoms with Crippen LogP contribution in [-0.4, -0.2) is 124 Å². The fourth-order valence-electron chi connectivity index (χ4n) is 1.19. The van der Waals surface area contributed by atoms with Crippen LogP contribution in [0.15, 0.2) is 0 Å². The maximum absolute atomic E-state index is 10.6. The fraction of sp³-hybridized carbons (Fsp3) is 0.727. The van der Waals surface area contributed by atoms with E-state index >= 15 is 0 Å². The summed E-state index contributed by atoms with van der Waals surface area (Å²) in [6.07, 6.45) is -1.08. The van der Waals surface area contributed by atoms with E-state index in [0.717, 1.165) is 6.92 Å². The molecule has 1 unspecified atom stereocenters. The topological polar surface area (TPSA) is 187 Å². The lowest BCUT2D eigenvalue weighted by molar-refractivity contribution is -0.870. The second-order valence-corrected chi connectivity index (χ2v) is 9.15. The SMILES string of the molecule is CC(=O)C(=O)OCC[N+](C)(C)C.CC(=O)C(=O)OCC[N+](C)(C)C.CC(=O)[O-].CCC(O)C(=O)[O-]. The molecule has 0 spiro atoms. The number of carbonyl (C=O) groups excluding carboxylic acids is 6. The van der Waals surface area contributed by atoms with Crippen molar-refractivity contribution in [1.82, 2.24) is 0 Å². The molecule has 0 aliphatic rings. The van der Waals surface area contributed by atoms with Gasteiger partial charge in [-0.2, -0.15) is 0 Å². The Balaban J connectivity index is -0.000000196. The van der Waals surface area contributed by atoms with Crippen LogP contribution in [0.4, 0.5) is 0 Å². The van der Waals surface area contributed by atoms with Gasteiger partial charge in [-0.1, -0.05) is 6.92 Å². The zero-order valence-electron chi connectivity index (χ0n) is 22.5. The van der Waals surface area contributed by atoms with Crippen molar-refractivity contribution in [3.8, 4) is 0 Å². The van der Waals surface area contributed by atoms with E-state index in [9.17, 15) is 29.1 Å². The number of esters is 2. The molecule has 0 saturated carbocycles. The van der Waals surface area contributed by atoms with Gasteiger partial charge in [0, 0.05) is 19.8 Å². The molecule has 35 heavy (non-hydrogen) atoms. The molecule has 0 radical (unpaired) electrons. The first-order valence-corrected chi connectivity index (χ1v) is 10.6. The maximum Gasteiger partial charge on any atom is 0.374 e. The van der Waals surface area contributed by atoms with Gasteiger partial charge in [-0.3, -0.25) is 9.59 Å². The first-order valence-electron chi connectivity index (χ1n) is 10.6. The fourth-order valence-corrected chi connectivity index (χ4v) is 1.19. The summed E-state index contributed by atoms with van der Waals surface area (Å²) in [4.78, 5) is 60.6. The number of aliphatic hydroxyl groups is 1. The van der Waals surface area contributed by atoms with Gasteiger partial charge in [0.05, 0.1) is 54.4 Å². The van der Waals surface area contributed by atoms with Gasteiger partial charge in [0.15, 0.2) is 0 Å². The number of ether oxygens (including phenoxy) is 2. The highest BCUT2D eigenvalue weighted by Crippen LogP contribution is 1.91. The Morgan fingerprint density at radius 2 is 0.971 bits per heavy atom. The highest BCUT2D eigenvalue weighted by molar-refractivity contribution is 6.32. The Bertz CT molecular complexity index is 632. The van der Waals surface area contributed by atoms with Crippen molar-refractivity contribution in [3.63, 3.8) is 0 Å². The van der Waals surface area contributed by atoms with Gasteiger partial charge in [-0.05, 0) is 13.3 Å². The zero-order valence-corrected chi connectivity index (χ0v) is 22.5. The molecule has 0 aromatic heterocycles. The Labute approximate surface area is 207 Å². The number of rotatable bonds is 10. The molecule has 13 nitrogen and oxygen atoms in total. The lowest BCUT2D eigenvalue weighted by Gasteiger charge is -2.23. The number of carboxylic acids is 2. The summed E-state index contributed by atoms with van der Waals surface area (Å²) >= 11 is 0. The lowest BCUT2D eigenvalue weighted by Crippen LogP contribution is -2.38. The van der Waals surface area contributed by atoms with Crippen LogP contribution in [0.2, 0.25) is 0 Å². The third-order valence-corrected chi connectivity index (χ3v) is 3.22. The molecule has 0 aromatic rings. The molecular weight excluding hydrogens is 468 g/mol. The van der Waals surface area contributed by atoms with Crippen LogP contribution >= 0.6 is 0 Å². The third kappa shape index (κ3) is 41.8. The van der Waals surface area contributed by atoms with E-state index in [4.69, 9.17) is 15.0 Å². The Morgan fingerprint density at radius 1 is 0.714 bits per heavy atom. The van der Waals surface area contributed by atoms with Crippen LogP contribution in [-0.2, 0) is 38.2 Å². The molecule has 0 heterocycles. The second-order valence-electron chi connectivity index (χ2n) is 9.15. The highest BCUT2D eigenvalue weighted by atomic mass is 16.5. The van der Waals surface area contributed by atoms with Crippen molar-refractivity contribution >= 4 is 35.4 Å². The number of carbonyl (C=O) groups is 6. The van der Waals surface area contributed by atoms with Crippen molar-refractivity contribution in [2.45, 2.75) is 40.2 Å². The summed E-state index contributed by atoms with van der Waals surface area (Å²) < 4.78 is 10.8. The van der Waals surface area contributed by atoms with Crippen molar-refractivity contribution in [1.29, 1.82) is 0 Å². The maximum atomic E-state index is 10.6. The minimum absolute atomic E-state index is 0.211. The molecule has 0 aliphatic carbocycles. The largest absolute Gasteiger partial charge is 0.550 e. The third-order valence-electron chi connectivity index (χ3n) is 3.22. The predicted octanol–water partition coefficient (Wildman–Crippen LogP) is -3.09. The number of aliphatic carboxylic acids is 2. The lowest BCUT2D eigenvalue weighted by atomic mass is 10.3. The van der Waals surface area contributed by atoms with Crippen molar-refractivity contribution < 1.29 is 62.5 Å². The number of aliphatic hydroxyl groups excluding tert-OH is 1.